The number of benzene rings is 1. The van der Waals surface area contributed by atoms with E-state index in [-0.39, 0.29) is 18.3 Å². The first-order chi connectivity index (χ1) is 9.65. The molecular formula is C14H15N3O3. The van der Waals surface area contributed by atoms with Gasteiger partial charge in [-0.3, -0.25) is 0 Å². The average molecular weight is 273 g/mol. The molecule has 0 aliphatic rings. The molecule has 1 heterocycles. The van der Waals surface area contributed by atoms with E-state index in [4.69, 9.17) is 20.8 Å². The van der Waals surface area contributed by atoms with Crippen molar-refractivity contribution in [2.24, 2.45) is 10.9 Å². The lowest BCUT2D eigenvalue weighted by molar-refractivity contribution is 0.281. The number of nitrogens with zero attached hydrogens (tertiary/aromatic N) is 2. The van der Waals surface area contributed by atoms with Crippen molar-refractivity contribution in [3.05, 3.63) is 53.2 Å². The number of hydrogen-bond donors (Lipinski definition) is 3. The Labute approximate surface area is 116 Å². The molecule has 0 atom stereocenters. The molecule has 0 saturated heterocycles. The van der Waals surface area contributed by atoms with E-state index in [1.54, 1.807) is 36.5 Å². The van der Waals surface area contributed by atoms with Crippen molar-refractivity contribution in [1.29, 1.82) is 0 Å². The van der Waals surface area contributed by atoms with Crippen molar-refractivity contribution in [2.75, 3.05) is 0 Å². The Morgan fingerprint density at radius 2 is 2.00 bits per heavy atom. The number of oxime groups is 1. The molecule has 0 saturated carbocycles. The Morgan fingerprint density at radius 1 is 1.30 bits per heavy atom. The fraction of sp³-hybridized carbons (Fsp3) is 0.143. The van der Waals surface area contributed by atoms with E-state index in [0.29, 0.717) is 11.3 Å². The van der Waals surface area contributed by atoms with Gasteiger partial charge in [0.15, 0.2) is 5.84 Å². The summed E-state index contributed by atoms with van der Waals surface area (Å²) < 4.78 is 5.65. The first-order valence-electron chi connectivity index (χ1n) is 5.97. The van der Waals surface area contributed by atoms with Crippen LogP contribution in [0.1, 0.15) is 16.7 Å². The number of pyridine rings is 1. The van der Waals surface area contributed by atoms with Crippen LogP contribution in [0, 0.1) is 6.92 Å². The highest BCUT2D eigenvalue weighted by atomic mass is 16.5. The Morgan fingerprint density at radius 3 is 2.60 bits per heavy atom. The Hall–Kier alpha value is -2.60. The van der Waals surface area contributed by atoms with Gasteiger partial charge in [-0.2, -0.15) is 0 Å². The number of rotatable bonds is 4. The van der Waals surface area contributed by atoms with Gasteiger partial charge in [-0.05, 0) is 36.2 Å². The van der Waals surface area contributed by atoms with Gasteiger partial charge in [0.2, 0.25) is 5.88 Å². The molecule has 4 N–H and O–H groups in total. The van der Waals surface area contributed by atoms with Gasteiger partial charge >= 0.3 is 0 Å². The predicted molar refractivity (Wildman–Crippen MR) is 73.9 cm³/mol. The highest BCUT2D eigenvalue weighted by molar-refractivity contribution is 6.00. The van der Waals surface area contributed by atoms with Crippen molar-refractivity contribution in [3.63, 3.8) is 0 Å². The third-order valence-electron chi connectivity index (χ3n) is 2.81. The molecule has 0 radical (unpaired) electrons. The molecule has 0 fully saturated rings. The molecule has 2 rings (SSSR count). The zero-order chi connectivity index (χ0) is 14.5. The first-order valence-corrected chi connectivity index (χ1v) is 5.97. The smallest absolute Gasteiger partial charge is 0.230 e. The van der Waals surface area contributed by atoms with Crippen LogP contribution in [0.15, 0.2) is 41.7 Å². The maximum absolute atomic E-state index is 8.99. The summed E-state index contributed by atoms with van der Waals surface area (Å²) >= 11 is 0. The highest BCUT2D eigenvalue weighted by Crippen LogP contribution is 2.25. The van der Waals surface area contributed by atoms with Gasteiger partial charge in [-0.15, -0.1) is 0 Å². The van der Waals surface area contributed by atoms with E-state index >= 15 is 0 Å². The van der Waals surface area contributed by atoms with Gasteiger partial charge in [-0.25, -0.2) is 4.98 Å². The lowest BCUT2D eigenvalue weighted by Crippen LogP contribution is -2.16. The van der Waals surface area contributed by atoms with Gasteiger partial charge in [-0.1, -0.05) is 17.3 Å². The minimum atomic E-state index is -0.0578. The molecule has 0 aliphatic carbocycles. The van der Waals surface area contributed by atoms with E-state index in [1.165, 1.54) is 0 Å². The predicted octanol–water partition coefficient (Wildman–Crippen LogP) is 1.77. The topological polar surface area (TPSA) is 101 Å². The first kappa shape index (κ1) is 13.8. The van der Waals surface area contributed by atoms with Crippen molar-refractivity contribution in [3.8, 4) is 11.6 Å². The number of nitrogens with two attached hydrogens (primary N) is 1. The van der Waals surface area contributed by atoms with Crippen LogP contribution < -0.4 is 10.5 Å². The van der Waals surface area contributed by atoms with Crippen LogP contribution in [0.3, 0.4) is 0 Å². The van der Waals surface area contributed by atoms with Crippen LogP contribution in [0.25, 0.3) is 0 Å². The standard InChI is InChI=1S/C14H15N3O3/c1-9-6-7-16-14(12(9)13(15)17-19)20-11-4-2-10(8-18)3-5-11/h2-7,18-19H,8H2,1H3,(H2,15,17). The van der Waals surface area contributed by atoms with Crippen LogP contribution in [0.5, 0.6) is 11.6 Å². The molecule has 0 spiro atoms. The molecule has 1 aromatic heterocycles. The molecule has 0 bridgehead atoms. The highest BCUT2D eigenvalue weighted by Gasteiger charge is 2.13. The zero-order valence-corrected chi connectivity index (χ0v) is 10.9. The summed E-state index contributed by atoms with van der Waals surface area (Å²) in [7, 11) is 0. The molecular weight excluding hydrogens is 258 g/mol. The van der Waals surface area contributed by atoms with Gasteiger partial charge in [0.1, 0.15) is 5.75 Å². The molecule has 0 amide bonds. The number of amidine groups is 1. The second-order valence-electron chi connectivity index (χ2n) is 4.20. The maximum atomic E-state index is 8.99. The van der Waals surface area contributed by atoms with E-state index in [0.717, 1.165) is 11.1 Å². The number of aromatic nitrogens is 1. The molecule has 20 heavy (non-hydrogen) atoms. The van der Waals surface area contributed by atoms with Crippen LogP contribution in [0.4, 0.5) is 0 Å². The minimum absolute atomic E-state index is 0.0294. The Balaban J connectivity index is 2.35. The van der Waals surface area contributed by atoms with Gasteiger partial charge in [0.05, 0.1) is 12.2 Å². The molecule has 6 heteroatoms. The maximum Gasteiger partial charge on any atom is 0.230 e. The number of aliphatic hydroxyl groups excluding tert-OH is 1. The average Bonchev–Trinajstić information content (AvgIpc) is 2.47. The van der Waals surface area contributed by atoms with Gasteiger partial charge < -0.3 is 20.8 Å². The van der Waals surface area contributed by atoms with Crippen molar-refractivity contribution < 1.29 is 15.1 Å². The molecule has 0 aliphatic heterocycles. The number of aryl methyl sites for hydroxylation is 1. The summed E-state index contributed by atoms with van der Waals surface area (Å²) in [5.74, 6) is 0.752. The van der Waals surface area contributed by atoms with Crippen LogP contribution >= 0.6 is 0 Å². The second-order valence-corrected chi connectivity index (χ2v) is 4.20. The lowest BCUT2D eigenvalue weighted by atomic mass is 10.1. The van der Waals surface area contributed by atoms with Crippen LogP contribution in [-0.4, -0.2) is 21.1 Å². The fourth-order valence-electron chi connectivity index (χ4n) is 1.75. The second kappa shape index (κ2) is 6.03. The Kier molecular flexibility index (Phi) is 4.17. The Bertz CT molecular complexity index is 624. The lowest BCUT2D eigenvalue weighted by Gasteiger charge is -2.11. The monoisotopic (exact) mass is 273 g/mol. The van der Waals surface area contributed by atoms with E-state index in [2.05, 4.69) is 10.1 Å². The van der Waals surface area contributed by atoms with E-state index in [9.17, 15) is 0 Å². The molecule has 6 nitrogen and oxygen atoms in total. The van der Waals surface area contributed by atoms with Gasteiger partial charge in [0, 0.05) is 6.20 Å². The minimum Gasteiger partial charge on any atom is -0.438 e. The SMILES string of the molecule is Cc1ccnc(Oc2ccc(CO)cc2)c1/C(N)=N/O. The molecule has 1 aromatic carbocycles. The number of aliphatic hydroxyl groups is 1. The molecule has 2 aromatic rings. The summed E-state index contributed by atoms with van der Waals surface area (Å²) in [4.78, 5) is 4.10. The number of hydrogen-bond acceptors (Lipinski definition) is 5. The largest absolute Gasteiger partial charge is 0.438 e. The van der Waals surface area contributed by atoms with Crippen molar-refractivity contribution >= 4 is 5.84 Å². The summed E-state index contributed by atoms with van der Waals surface area (Å²) in [5, 5.41) is 20.8. The normalized spacial score (nSPS) is 11.4. The number of ether oxygens (including phenoxy) is 1. The van der Waals surface area contributed by atoms with Crippen LogP contribution in [0.2, 0.25) is 0 Å². The summed E-state index contributed by atoms with van der Waals surface area (Å²) in [5.41, 5.74) is 7.66. The molecule has 104 valence electrons. The third kappa shape index (κ3) is 2.86. The zero-order valence-electron chi connectivity index (χ0n) is 10.9. The summed E-state index contributed by atoms with van der Waals surface area (Å²) in [6.45, 7) is 1.79. The van der Waals surface area contributed by atoms with Crippen LogP contribution in [-0.2, 0) is 6.61 Å². The van der Waals surface area contributed by atoms with E-state index in [1.807, 2.05) is 6.92 Å². The fourth-order valence-corrected chi connectivity index (χ4v) is 1.75. The third-order valence-corrected chi connectivity index (χ3v) is 2.81. The molecule has 0 unspecified atom stereocenters. The summed E-state index contributed by atoms with van der Waals surface area (Å²) in [6.07, 6.45) is 1.58. The quantitative estimate of drug-likeness (QED) is 0.341. The summed E-state index contributed by atoms with van der Waals surface area (Å²) in [6, 6.07) is 8.66. The van der Waals surface area contributed by atoms with Gasteiger partial charge in [0.25, 0.3) is 0 Å². The van der Waals surface area contributed by atoms with E-state index < -0.39 is 0 Å². The van der Waals surface area contributed by atoms with Crippen molar-refractivity contribution in [1.82, 2.24) is 4.98 Å². The van der Waals surface area contributed by atoms with Crippen molar-refractivity contribution in [2.45, 2.75) is 13.5 Å².